The van der Waals surface area contributed by atoms with E-state index in [1.807, 2.05) is 0 Å². The van der Waals surface area contributed by atoms with Crippen LogP contribution in [-0.4, -0.2) is 4.98 Å². The van der Waals surface area contributed by atoms with Crippen LogP contribution in [0.25, 0.3) is 0 Å². The lowest BCUT2D eigenvalue weighted by Crippen LogP contribution is -2.02. The van der Waals surface area contributed by atoms with Crippen molar-refractivity contribution in [3.8, 4) is 6.07 Å². The van der Waals surface area contributed by atoms with E-state index < -0.39 is 18.1 Å². The maximum Gasteiger partial charge on any atom is 0.280 e. The molecule has 0 aliphatic heterocycles. The van der Waals surface area contributed by atoms with Crippen LogP contribution in [0, 0.1) is 17.3 Å². The van der Waals surface area contributed by atoms with Crippen molar-refractivity contribution in [2.45, 2.75) is 12.3 Å². The third-order valence-corrected chi connectivity index (χ3v) is 1.85. The van der Waals surface area contributed by atoms with E-state index in [4.69, 9.17) is 16.9 Å². The van der Waals surface area contributed by atoms with Crippen LogP contribution in [0.5, 0.6) is 0 Å². The van der Waals surface area contributed by atoms with Crippen LogP contribution >= 0.6 is 11.6 Å². The zero-order chi connectivity index (χ0) is 10.7. The molecule has 0 aromatic carbocycles. The van der Waals surface area contributed by atoms with Gasteiger partial charge in [-0.05, 0) is 11.6 Å². The Morgan fingerprint density at radius 1 is 1.57 bits per heavy atom. The largest absolute Gasteiger partial charge is 0.280 e. The third kappa shape index (κ3) is 1.96. The van der Waals surface area contributed by atoms with E-state index in [-0.39, 0.29) is 17.0 Å². The van der Waals surface area contributed by atoms with Crippen molar-refractivity contribution in [1.82, 2.24) is 4.98 Å². The molecule has 1 aromatic rings. The Balaban J connectivity index is 3.33. The van der Waals surface area contributed by atoms with E-state index >= 15 is 0 Å². The summed E-state index contributed by atoms with van der Waals surface area (Å²) in [6, 6.07) is 2.48. The fraction of sp³-hybridized carbons (Fsp3) is 0.250. The summed E-state index contributed by atoms with van der Waals surface area (Å²) < 4.78 is 37.3. The molecule has 74 valence electrons. The maximum atomic E-state index is 12.8. The van der Waals surface area contributed by atoms with Gasteiger partial charge in [0.1, 0.15) is 17.3 Å². The molecule has 0 atom stereocenters. The highest BCUT2D eigenvalue weighted by molar-refractivity contribution is 6.17. The molecule has 2 nitrogen and oxygen atoms in total. The van der Waals surface area contributed by atoms with E-state index in [1.165, 1.54) is 6.07 Å². The van der Waals surface area contributed by atoms with E-state index in [1.54, 1.807) is 0 Å². The number of pyridine rings is 1. The van der Waals surface area contributed by atoms with Crippen molar-refractivity contribution in [2.24, 2.45) is 0 Å². The molecule has 0 amide bonds. The summed E-state index contributed by atoms with van der Waals surface area (Å²) in [5.74, 6) is -1.43. The van der Waals surface area contributed by atoms with Crippen LogP contribution in [0.1, 0.15) is 23.2 Å². The van der Waals surface area contributed by atoms with Gasteiger partial charge >= 0.3 is 0 Å². The molecular formula is C8H4ClF3N2. The molecule has 0 unspecified atom stereocenters. The lowest BCUT2D eigenvalue weighted by atomic mass is 10.1. The predicted octanol–water partition coefficient (Wildman–Crippen LogP) is 2.77. The van der Waals surface area contributed by atoms with Gasteiger partial charge in [-0.2, -0.15) is 9.65 Å². The van der Waals surface area contributed by atoms with Gasteiger partial charge in [0.05, 0.1) is 0 Å². The van der Waals surface area contributed by atoms with Gasteiger partial charge < -0.3 is 0 Å². The Morgan fingerprint density at radius 3 is 2.64 bits per heavy atom. The number of hydrogen-bond acceptors (Lipinski definition) is 2. The molecule has 1 aromatic heterocycles. The second-order valence-corrected chi connectivity index (χ2v) is 2.68. The zero-order valence-corrected chi connectivity index (χ0v) is 7.52. The molecule has 14 heavy (non-hydrogen) atoms. The summed E-state index contributed by atoms with van der Waals surface area (Å²) in [6.45, 7) is 0. The predicted molar refractivity (Wildman–Crippen MR) is 43.4 cm³/mol. The first kappa shape index (κ1) is 10.8. The second-order valence-electron chi connectivity index (χ2n) is 2.42. The molecule has 0 saturated heterocycles. The first-order valence-electron chi connectivity index (χ1n) is 3.53. The Hall–Kier alpha value is -1.28. The summed E-state index contributed by atoms with van der Waals surface area (Å²) in [5.41, 5.74) is -1.12. The first-order valence-corrected chi connectivity index (χ1v) is 4.07. The number of hydrogen-bond donors (Lipinski definition) is 0. The van der Waals surface area contributed by atoms with Crippen molar-refractivity contribution < 1.29 is 13.2 Å². The average molecular weight is 221 g/mol. The monoisotopic (exact) mass is 220 g/mol. The highest BCUT2D eigenvalue weighted by Gasteiger charge is 2.18. The normalized spacial score (nSPS) is 10.3. The van der Waals surface area contributed by atoms with Crippen molar-refractivity contribution in [3.05, 3.63) is 28.8 Å². The van der Waals surface area contributed by atoms with Crippen LogP contribution in [0.15, 0.2) is 6.07 Å². The number of aromatic nitrogens is 1. The molecule has 6 heteroatoms. The molecule has 0 bridgehead atoms. The Morgan fingerprint density at radius 2 is 2.21 bits per heavy atom. The minimum Gasteiger partial charge on any atom is -0.217 e. The Bertz CT molecular complexity index is 387. The summed E-state index contributed by atoms with van der Waals surface area (Å²) in [7, 11) is 0. The summed E-state index contributed by atoms with van der Waals surface area (Å²) in [4.78, 5) is 2.99. The standard InChI is InChI=1S/C8H4ClF3N2/c9-2-4-1-5(3-13)8(12)14-6(4)7(10)11/h1,7H,2H2. The van der Waals surface area contributed by atoms with Gasteiger partial charge in [-0.25, -0.2) is 13.8 Å². The highest BCUT2D eigenvalue weighted by Crippen LogP contribution is 2.23. The summed E-state index contributed by atoms with van der Waals surface area (Å²) in [6.07, 6.45) is -2.90. The van der Waals surface area contributed by atoms with Gasteiger partial charge in [0.15, 0.2) is 0 Å². The van der Waals surface area contributed by atoms with Gasteiger partial charge in [0.2, 0.25) is 5.95 Å². The fourth-order valence-corrected chi connectivity index (χ4v) is 1.13. The minimum atomic E-state index is -2.90. The Kier molecular flexibility index (Phi) is 3.31. The van der Waals surface area contributed by atoms with Gasteiger partial charge in [-0.15, -0.1) is 11.6 Å². The number of nitrogens with zero attached hydrogens (tertiary/aromatic N) is 2. The lowest BCUT2D eigenvalue weighted by Gasteiger charge is -2.05. The van der Waals surface area contributed by atoms with Crippen LogP contribution in [-0.2, 0) is 5.88 Å². The molecule has 0 radical (unpaired) electrons. The van der Waals surface area contributed by atoms with Crippen molar-refractivity contribution in [2.75, 3.05) is 0 Å². The third-order valence-electron chi connectivity index (χ3n) is 1.56. The average Bonchev–Trinajstić information content (AvgIpc) is 2.17. The lowest BCUT2D eigenvalue weighted by molar-refractivity contribution is 0.143. The second kappa shape index (κ2) is 4.29. The molecule has 0 aliphatic rings. The maximum absolute atomic E-state index is 12.8. The molecule has 0 aliphatic carbocycles. The van der Waals surface area contributed by atoms with Gasteiger partial charge in [-0.1, -0.05) is 0 Å². The summed E-state index contributed by atoms with van der Waals surface area (Å²) in [5, 5.41) is 8.41. The smallest absolute Gasteiger partial charge is 0.217 e. The number of alkyl halides is 3. The van der Waals surface area contributed by atoms with Gasteiger partial charge in [-0.3, -0.25) is 0 Å². The first-order chi connectivity index (χ1) is 6.60. The minimum absolute atomic E-state index is 0.0281. The molecule has 0 fully saturated rings. The number of rotatable bonds is 2. The quantitative estimate of drug-likeness (QED) is 0.568. The summed E-state index contributed by atoms with van der Waals surface area (Å²) >= 11 is 5.35. The van der Waals surface area contributed by atoms with Crippen molar-refractivity contribution >= 4 is 11.6 Å². The SMILES string of the molecule is N#Cc1cc(CCl)c(C(F)F)nc1F. The van der Waals surface area contributed by atoms with E-state index in [9.17, 15) is 13.2 Å². The van der Waals surface area contributed by atoms with Crippen molar-refractivity contribution in [1.29, 1.82) is 5.26 Å². The number of halogens is 4. The molecule has 0 spiro atoms. The van der Waals surface area contributed by atoms with Crippen LogP contribution < -0.4 is 0 Å². The van der Waals surface area contributed by atoms with Gasteiger partial charge in [0.25, 0.3) is 6.43 Å². The molecular weight excluding hydrogens is 217 g/mol. The van der Waals surface area contributed by atoms with Crippen LogP contribution in [0.2, 0.25) is 0 Å². The van der Waals surface area contributed by atoms with E-state index in [0.29, 0.717) is 0 Å². The number of nitriles is 1. The molecule has 0 saturated carbocycles. The highest BCUT2D eigenvalue weighted by atomic mass is 35.5. The van der Waals surface area contributed by atoms with Crippen LogP contribution in [0.3, 0.4) is 0 Å². The Labute approximate surface area is 82.9 Å². The van der Waals surface area contributed by atoms with E-state index in [0.717, 1.165) is 6.07 Å². The molecule has 1 rings (SSSR count). The van der Waals surface area contributed by atoms with E-state index in [2.05, 4.69) is 4.98 Å². The van der Waals surface area contributed by atoms with Crippen LogP contribution in [0.4, 0.5) is 13.2 Å². The topological polar surface area (TPSA) is 36.7 Å². The van der Waals surface area contributed by atoms with Crippen molar-refractivity contribution in [3.63, 3.8) is 0 Å². The molecule has 1 heterocycles. The fourth-order valence-electron chi connectivity index (χ4n) is 0.920. The molecule has 0 N–H and O–H groups in total. The zero-order valence-electron chi connectivity index (χ0n) is 6.77. The van der Waals surface area contributed by atoms with Gasteiger partial charge in [0, 0.05) is 5.88 Å².